The Morgan fingerprint density at radius 1 is 0.970 bits per heavy atom. The molecule has 0 saturated carbocycles. The van der Waals surface area contributed by atoms with Crippen LogP contribution in [-0.2, 0) is 0 Å². The number of aromatic nitrogens is 4. The van der Waals surface area contributed by atoms with Gasteiger partial charge in [0.05, 0.1) is 35.0 Å². The summed E-state index contributed by atoms with van der Waals surface area (Å²) in [6.45, 7) is 1.95. The van der Waals surface area contributed by atoms with Crippen LogP contribution in [0.25, 0.3) is 22.4 Å². The lowest BCUT2D eigenvalue weighted by atomic mass is 10.1. The molecule has 0 unspecified atom stereocenters. The number of para-hydroxylation sites is 3. The first-order valence-electron chi connectivity index (χ1n) is 10.3. The van der Waals surface area contributed by atoms with Gasteiger partial charge >= 0.3 is 0 Å². The minimum absolute atomic E-state index is 0.0780. The minimum atomic E-state index is -0.165. The summed E-state index contributed by atoms with van der Waals surface area (Å²) in [5.41, 5.74) is 2.73. The SMILES string of the molecule is COc1ccccc1C(=O)CSc1nnc2n(-c3ccccc3C)c(=O)c3ccccc3n12. The van der Waals surface area contributed by atoms with E-state index in [0.717, 1.165) is 11.3 Å². The molecule has 164 valence electrons. The second-order valence-corrected chi connectivity index (χ2v) is 8.42. The van der Waals surface area contributed by atoms with E-state index in [1.54, 1.807) is 35.9 Å². The number of rotatable bonds is 6. The smallest absolute Gasteiger partial charge is 0.267 e. The molecule has 0 N–H and O–H groups in total. The van der Waals surface area contributed by atoms with Crippen LogP contribution in [0.4, 0.5) is 0 Å². The van der Waals surface area contributed by atoms with Gasteiger partial charge in [0.1, 0.15) is 5.75 Å². The third-order valence-corrected chi connectivity index (χ3v) is 6.42. The normalized spacial score (nSPS) is 11.2. The van der Waals surface area contributed by atoms with E-state index in [-0.39, 0.29) is 17.1 Å². The summed E-state index contributed by atoms with van der Waals surface area (Å²) in [5, 5.41) is 9.78. The summed E-state index contributed by atoms with van der Waals surface area (Å²) in [7, 11) is 1.54. The molecule has 7 nitrogen and oxygen atoms in total. The summed E-state index contributed by atoms with van der Waals surface area (Å²) < 4.78 is 8.74. The Bertz CT molecular complexity index is 1570. The Morgan fingerprint density at radius 3 is 2.52 bits per heavy atom. The molecule has 0 aliphatic heterocycles. The highest BCUT2D eigenvalue weighted by Gasteiger charge is 2.20. The quantitative estimate of drug-likeness (QED) is 0.280. The number of hydrogen-bond donors (Lipinski definition) is 0. The van der Waals surface area contributed by atoms with Gasteiger partial charge in [0, 0.05) is 0 Å². The minimum Gasteiger partial charge on any atom is -0.496 e. The van der Waals surface area contributed by atoms with Crippen LogP contribution in [0, 0.1) is 6.92 Å². The fraction of sp³-hybridized carbons (Fsp3) is 0.120. The fourth-order valence-electron chi connectivity index (χ4n) is 3.89. The predicted octanol–water partition coefficient (Wildman–Crippen LogP) is 4.33. The average Bonchev–Trinajstić information content (AvgIpc) is 3.27. The average molecular weight is 457 g/mol. The van der Waals surface area contributed by atoms with E-state index in [0.29, 0.717) is 33.1 Å². The van der Waals surface area contributed by atoms with Crippen molar-refractivity contribution in [3.05, 3.63) is 94.3 Å². The van der Waals surface area contributed by atoms with Crippen LogP contribution in [0.3, 0.4) is 0 Å². The highest BCUT2D eigenvalue weighted by atomic mass is 32.2. The maximum atomic E-state index is 13.4. The van der Waals surface area contributed by atoms with Crippen LogP contribution in [0.5, 0.6) is 5.75 Å². The maximum Gasteiger partial charge on any atom is 0.267 e. The number of Topliss-reactive ketones (excluding diaryl/α,β-unsaturated/α-hetero) is 1. The lowest BCUT2D eigenvalue weighted by Crippen LogP contribution is -2.22. The van der Waals surface area contributed by atoms with Gasteiger partial charge in [0.15, 0.2) is 10.9 Å². The molecule has 8 heteroatoms. The van der Waals surface area contributed by atoms with Crippen LogP contribution in [-0.4, -0.2) is 37.8 Å². The molecule has 3 aromatic carbocycles. The van der Waals surface area contributed by atoms with E-state index in [2.05, 4.69) is 10.2 Å². The number of fused-ring (bicyclic) bond motifs is 3. The molecule has 0 atom stereocenters. The summed E-state index contributed by atoms with van der Waals surface area (Å²) in [5.74, 6) is 1.01. The van der Waals surface area contributed by atoms with Crippen molar-refractivity contribution >= 4 is 34.2 Å². The summed E-state index contributed by atoms with van der Waals surface area (Å²) in [6, 6.07) is 22.1. The molecule has 0 radical (unpaired) electrons. The number of ether oxygens (including phenoxy) is 1. The molecular weight excluding hydrogens is 436 g/mol. The summed E-state index contributed by atoms with van der Waals surface area (Å²) >= 11 is 1.28. The first kappa shape index (κ1) is 21.0. The van der Waals surface area contributed by atoms with Crippen molar-refractivity contribution in [2.24, 2.45) is 0 Å². The second kappa shape index (κ2) is 8.55. The lowest BCUT2D eigenvalue weighted by molar-refractivity contribution is 0.101. The third-order valence-electron chi connectivity index (χ3n) is 5.49. The monoisotopic (exact) mass is 456 g/mol. The molecule has 5 rings (SSSR count). The Balaban J connectivity index is 1.64. The Hall–Kier alpha value is -3.91. The Kier molecular flexibility index (Phi) is 5.43. The number of carbonyl (C=O) groups excluding carboxylic acids is 1. The molecule has 5 aromatic rings. The molecule has 33 heavy (non-hydrogen) atoms. The fourth-order valence-corrected chi connectivity index (χ4v) is 4.71. The van der Waals surface area contributed by atoms with Gasteiger partial charge in [0.2, 0.25) is 5.78 Å². The van der Waals surface area contributed by atoms with Gasteiger partial charge in [-0.15, -0.1) is 10.2 Å². The van der Waals surface area contributed by atoms with E-state index in [9.17, 15) is 9.59 Å². The zero-order chi connectivity index (χ0) is 22.9. The van der Waals surface area contributed by atoms with Gasteiger partial charge in [-0.1, -0.05) is 54.2 Å². The number of methoxy groups -OCH3 is 1. The van der Waals surface area contributed by atoms with Gasteiger partial charge in [-0.2, -0.15) is 0 Å². The van der Waals surface area contributed by atoms with Gasteiger partial charge in [0.25, 0.3) is 5.56 Å². The molecular formula is C25H20N4O3S. The van der Waals surface area contributed by atoms with E-state index in [1.807, 2.05) is 59.9 Å². The number of carbonyl (C=O) groups is 1. The van der Waals surface area contributed by atoms with Crippen LogP contribution in [0.2, 0.25) is 0 Å². The van der Waals surface area contributed by atoms with Crippen LogP contribution >= 0.6 is 11.8 Å². The van der Waals surface area contributed by atoms with Crippen LogP contribution in [0.1, 0.15) is 15.9 Å². The zero-order valence-electron chi connectivity index (χ0n) is 18.1. The predicted molar refractivity (Wildman–Crippen MR) is 129 cm³/mol. The number of ketones is 1. The molecule has 0 saturated heterocycles. The molecule has 2 aromatic heterocycles. The zero-order valence-corrected chi connectivity index (χ0v) is 18.9. The van der Waals surface area contributed by atoms with Crippen molar-refractivity contribution in [3.8, 4) is 11.4 Å². The van der Waals surface area contributed by atoms with Crippen LogP contribution < -0.4 is 10.3 Å². The molecule has 0 bridgehead atoms. The molecule has 0 aliphatic rings. The van der Waals surface area contributed by atoms with Gasteiger partial charge in [-0.25, -0.2) is 4.57 Å². The van der Waals surface area contributed by atoms with E-state index in [4.69, 9.17) is 4.74 Å². The number of nitrogens with zero attached hydrogens (tertiary/aromatic N) is 4. The van der Waals surface area contributed by atoms with Crippen molar-refractivity contribution in [3.63, 3.8) is 0 Å². The van der Waals surface area contributed by atoms with Gasteiger partial charge < -0.3 is 4.74 Å². The lowest BCUT2D eigenvalue weighted by Gasteiger charge is -2.13. The number of benzene rings is 3. The van der Waals surface area contributed by atoms with Crippen molar-refractivity contribution in [2.45, 2.75) is 12.1 Å². The number of thioether (sulfide) groups is 1. The van der Waals surface area contributed by atoms with E-state index in [1.165, 1.54) is 11.8 Å². The molecule has 0 amide bonds. The van der Waals surface area contributed by atoms with Crippen molar-refractivity contribution in [2.75, 3.05) is 12.9 Å². The number of hydrogen-bond acceptors (Lipinski definition) is 6. The third kappa shape index (κ3) is 3.58. The molecule has 2 heterocycles. The number of aryl methyl sites for hydroxylation is 1. The summed E-state index contributed by atoms with van der Waals surface area (Å²) in [6.07, 6.45) is 0. The highest BCUT2D eigenvalue weighted by Crippen LogP contribution is 2.26. The van der Waals surface area contributed by atoms with E-state index >= 15 is 0 Å². The maximum absolute atomic E-state index is 13.4. The van der Waals surface area contributed by atoms with E-state index < -0.39 is 0 Å². The van der Waals surface area contributed by atoms with Crippen molar-refractivity contribution < 1.29 is 9.53 Å². The molecule has 0 spiro atoms. The van der Waals surface area contributed by atoms with Gasteiger partial charge in [-0.05, 0) is 42.8 Å². The standard InChI is InChI=1S/C25H20N4O3S/c1-16-9-3-6-12-19(16)28-23(31)17-10-4-7-13-20(17)29-24(28)26-27-25(29)33-15-21(30)18-11-5-8-14-22(18)32-2/h3-14H,15H2,1-2H3. The first-order chi connectivity index (χ1) is 16.1. The topological polar surface area (TPSA) is 78.5 Å². The second-order valence-electron chi connectivity index (χ2n) is 7.47. The highest BCUT2D eigenvalue weighted by molar-refractivity contribution is 7.99. The summed E-state index contributed by atoms with van der Waals surface area (Å²) in [4.78, 5) is 26.3. The van der Waals surface area contributed by atoms with Crippen molar-refractivity contribution in [1.82, 2.24) is 19.2 Å². The largest absolute Gasteiger partial charge is 0.496 e. The van der Waals surface area contributed by atoms with Crippen LogP contribution in [0.15, 0.2) is 82.7 Å². The first-order valence-corrected chi connectivity index (χ1v) is 11.3. The molecule has 0 aliphatic carbocycles. The Labute approximate surface area is 193 Å². The van der Waals surface area contributed by atoms with Gasteiger partial charge in [-0.3, -0.25) is 14.0 Å². The van der Waals surface area contributed by atoms with Crippen molar-refractivity contribution in [1.29, 1.82) is 0 Å². The Morgan fingerprint density at radius 2 is 1.70 bits per heavy atom. The molecule has 0 fully saturated rings.